The number of para-hydroxylation sites is 2. The van der Waals surface area contributed by atoms with E-state index in [1.807, 2.05) is 12.1 Å². The SMILES string of the molecule is Cc1cc(-c2nnn[nH]2)cc(C)c1OCC(C1CCCCC1)n1c(-c2ccc(Cl)cc2)nc2ccccc21. The van der Waals surface area contributed by atoms with Crippen LogP contribution in [0.4, 0.5) is 0 Å². The number of fused-ring (bicyclic) bond motifs is 1. The first-order valence-corrected chi connectivity index (χ1v) is 13.7. The molecule has 1 aliphatic carbocycles. The van der Waals surface area contributed by atoms with Gasteiger partial charge in [0, 0.05) is 16.1 Å². The first kappa shape index (κ1) is 24.6. The normalized spacial score (nSPS) is 15.1. The van der Waals surface area contributed by atoms with Crippen molar-refractivity contribution in [1.82, 2.24) is 30.2 Å². The first-order valence-electron chi connectivity index (χ1n) is 13.3. The Balaban J connectivity index is 1.40. The van der Waals surface area contributed by atoms with Crippen molar-refractivity contribution < 1.29 is 4.74 Å². The van der Waals surface area contributed by atoms with Gasteiger partial charge in [0.25, 0.3) is 0 Å². The Morgan fingerprint density at radius 3 is 2.42 bits per heavy atom. The number of imidazole rings is 1. The van der Waals surface area contributed by atoms with E-state index in [2.05, 4.69) is 87.6 Å². The summed E-state index contributed by atoms with van der Waals surface area (Å²) in [4.78, 5) is 5.10. The molecule has 38 heavy (non-hydrogen) atoms. The molecule has 1 atom stereocenters. The molecule has 8 heteroatoms. The molecule has 0 amide bonds. The Morgan fingerprint density at radius 1 is 0.974 bits per heavy atom. The number of halogens is 1. The summed E-state index contributed by atoms with van der Waals surface area (Å²) in [6.07, 6.45) is 6.19. The average molecular weight is 527 g/mol. The van der Waals surface area contributed by atoms with Crippen LogP contribution in [0, 0.1) is 19.8 Å². The van der Waals surface area contributed by atoms with E-state index in [9.17, 15) is 0 Å². The zero-order valence-electron chi connectivity index (χ0n) is 21.7. The van der Waals surface area contributed by atoms with E-state index in [1.165, 1.54) is 32.1 Å². The van der Waals surface area contributed by atoms with Crippen molar-refractivity contribution in [3.63, 3.8) is 0 Å². The fourth-order valence-corrected chi connectivity index (χ4v) is 6.01. The highest BCUT2D eigenvalue weighted by atomic mass is 35.5. The molecule has 7 nitrogen and oxygen atoms in total. The summed E-state index contributed by atoms with van der Waals surface area (Å²) in [5.74, 6) is 3.04. The summed E-state index contributed by atoms with van der Waals surface area (Å²) in [5.41, 5.74) is 6.27. The Kier molecular flexibility index (Phi) is 6.85. The molecule has 0 aliphatic heterocycles. The van der Waals surface area contributed by atoms with E-state index < -0.39 is 0 Å². The number of nitrogens with one attached hydrogen (secondary N) is 1. The van der Waals surface area contributed by atoms with E-state index in [0.717, 1.165) is 49.9 Å². The van der Waals surface area contributed by atoms with Gasteiger partial charge in [-0.15, -0.1) is 5.10 Å². The highest BCUT2D eigenvalue weighted by molar-refractivity contribution is 6.30. The minimum absolute atomic E-state index is 0.144. The van der Waals surface area contributed by atoms with Crippen molar-refractivity contribution in [2.24, 2.45) is 5.92 Å². The molecule has 194 valence electrons. The van der Waals surface area contributed by atoms with E-state index in [1.54, 1.807) is 0 Å². The lowest BCUT2D eigenvalue weighted by atomic mass is 9.83. The van der Waals surface area contributed by atoms with Crippen LogP contribution in [-0.2, 0) is 0 Å². The van der Waals surface area contributed by atoms with Crippen molar-refractivity contribution in [2.75, 3.05) is 6.61 Å². The molecule has 1 N–H and O–H groups in total. The van der Waals surface area contributed by atoms with Crippen molar-refractivity contribution in [3.05, 3.63) is 76.8 Å². The lowest BCUT2D eigenvalue weighted by Gasteiger charge is -2.33. The number of H-pyrrole nitrogens is 1. The minimum Gasteiger partial charge on any atom is -0.491 e. The Morgan fingerprint density at radius 2 is 1.71 bits per heavy atom. The summed E-state index contributed by atoms with van der Waals surface area (Å²) < 4.78 is 9.13. The highest BCUT2D eigenvalue weighted by Crippen LogP contribution is 2.39. The quantitative estimate of drug-likeness (QED) is 0.239. The van der Waals surface area contributed by atoms with Crippen LogP contribution in [0.15, 0.2) is 60.7 Å². The number of nitrogens with zero attached hydrogens (tertiary/aromatic N) is 5. The number of benzene rings is 3. The molecule has 0 radical (unpaired) electrons. The molecule has 1 unspecified atom stereocenters. The second-order valence-corrected chi connectivity index (χ2v) is 10.7. The fourth-order valence-electron chi connectivity index (χ4n) is 5.89. The van der Waals surface area contributed by atoms with Gasteiger partial charge in [0.15, 0.2) is 5.82 Å². The van der Waals surface area contributed by atoms with E-state index >= 15 is 0 Å². The molecule has 3 aromatic carbocycles. The predicted octanol–water partition coefficient (Wildman–Crippen LogP) is 7.35. The van der Waals surface area contributed by atoms with Crippen molar-refractivity contribution in [1.29, 1.82) is 0 Å². The lowest BCUT2D eigenvalue weighted by molar-refractivity contribution is 0.169. The summed E-state index contributed by atoms with van der Waals surface area (Å²) in [6, 6.07) is 20.7. The first-order chi connectivity index (χ1) is 18.6. The third kappa shape index (κ3) is 4.78. The molecule has 0 saturated heterocycles. The number of aromatic amines is 1. The number of hydrogen-bond acceptors (Lipinski definition) is 5. The maximum Gasteiger partial charge on any atom is 0.179 e. The van der Waals surface area contributed by atoms with Gasteiger partial charge in [0.1, 0.15) is 18.2 Å². The number of tetrazole rings is 1. The smallest absolute Gasteiger partial charge is 0.179 e. The Bertz CT molecular complexity index is 1510. The molecule has 1 fully saturated rings. The second-order valence-electron chi connectivity index (χ2n) is 10.3. The lowest BCUT2D eigenvalue weighted by Crippen LogP contribution is -2.28. The topological polar surface area (TPSA) is 81.5 Å². The molecule has 0 spiro atoms. The van der Waals surface area contributed by atoms with Gasteiger partial charge >= 0.3 is 0 Å². The number of rotatable bonds is 7. The van der Waals surface area contributed by atoms with Crippen LogP contribution in [0.25, 0.3) is 33.8 Å². The van der Waals surface area contributed by atoms with Crippen LogP contribution < -0.4 is 4.74 Å². The number of ether oxygens (including phenoxy) is 1. The molecule has 1 saturated carbocycles. The van der Waals surface area contributed by atoms with Crippen LogP contribution in [0.1, 0.15) is 49.3 Å². The zero-order valence-corrected chi connectivity index (χ0v) is 22.4. The number of aryl methyl sites for hydroxylation is 2. The van der Waals surface area contributed by atoms with Gasteiger partial charge < -0.3 is 9.30 Å². The van der Waals surface area contributed by atoms with E-state index in [4.69, 9.17) is 21.3 Å². The molecule has 2 heterocycles. The van der Waals surface area contributed by atoms with Crippen LogP contribution >= 0.6 is 11.6 Å². The standard InChI is InChI=1S/C30H31ClN6O/c1-19-16-23(29-33-35-36-34-29)17-20(2)28(19)38-18-27(21-8-4-3-5-9-21)37-26-11-7-6-10-25(26)32-30(37)22-12-14-24(31)15-13-22/h6-7,10-17,21,27H,3-5,8-9,18H2,1-2H3,(H,33,34,35,36). The zero-order chi connectivity index (χ0) is 26.1. The van der Waals surface area contributed by atoms with Gasteiger partial charge in [-0.3, -0.25) is 0 Å². The Labute approximate surface area is 227 Å². The van der Waals surface area contributed by atoms with Crippen LogP contribution in [0.2, 0.25) is 5.02 Å². The maximum absolute atomic E-state index is 6.71. The van der Waals surface area contributed by atoms with Gasteiger partial charge in [-0.1, -0.05) is 43.0 Å². The highest BCUT2D eigenvalue weighted by Gasteiger charge is 2.30. The minimum atomic E-state index is 0.144. The van der Waals surface area contributed by atoms with Crippen molar-refractivity contribution in [2.45, 2.75) is 52.0 Å². The molecule has 0 bridgehead atoms. The van der Waals surface area contributed by atoms with Crippen LogP contribution in [0.5, 0.6) is 5.75 Å². The van der Waals surface area contributed by atoms with Gasteiger partial charge in [-0.2, -0.15) is 0 Å². The summed E-state index contributed by atoms with van der Waals surface area (Å²) in [6.45, 7) is 4.73. The number of aromatic nitrogens is 6. The summed E-state index contributed by atoms with van der Waals surface area (Å²) in [5, 5.41) is 15.1. The maximum atomic E-state index is 6.71. The fraction of sp³-hybridized carbons (Fsp3) is 0.333. The second kappa shape index (κ2) is 10.6. The molecular formula is C30H31ClN6O. The van der Waals surface area contributed by atoms with Crippen molar-refractivity contribution >= 4 is 22.6 Å². The van der Waals surface area contributed by atoms with E-state index in [-0.39, 0.29) is 6.04 Å². The largest absolute Gasteiger partial charge is 0.491 e. The third-order valence-electron chi connectivity index (χ3n) is 7.70. The summed E-state index contributed by atoms with van der Waals surface area (Å²) >= 11 is 6.23. The molecule has 2 aromatic heterocycles. The van der Waals surface area contributed by atoms with Crippen LogP contribution in [-0.4, -0.2) is 36.8 Å². The molecule has 6 rings (SSSR count). The van der Waals surface area contributed by atoms with Gasteiger partial charge in [-0.05, 0) is 103 Å². The third-order valence-corrected chi connectivity index (χ3v) is 7.95. The number of hydrogen-bond donors (Lipinski definition) is 1. The Hall–Kier alpha value is -3.71. The van der Waals surface area contributed by atoms with Gasteiger partial charge in [-0.25, -0.2) is 10.1 Å². The van der Waals surface area contributed by atoms with Crippen molar-refractivity contribution in [3.8, 4) is 28.5 Å². The van der Waals surface area contributed by atoms with Gasteiger partial charge in [0.05, 0.1) is 17.1 Å². The monoisotopic (exact) mass is 526 g/mol. The van der Waals surface area contributed by atoms with E-state index in [0.29, 0.717) is 18.3 Å². The summed E-state index contributed by atoms with van der Waals surface area (Å²) in [7, 11) is 0. The predicted molar refractivity (Wildman–Crippen MR) is 150 cm³/mol. The molecule has 1 aliphatic rings. The van der Waals surface area contributed by atoms with Gasteiger partial charge in [0.2, 0.25) is 0 Å². The van der Waals surface area contributed by atoms with Crippen LogP contribution in [0.3, 0.4) is 0 Å². The molecule has 5 aromatic rings. The molecular weight excluding hydrogens is 496 g/mol. The average Bonchev–Trinajstić information content (AvgIpc) is 3.60.